The van der Waals surface area contributed by atoms with E-state index in [1.807, 2.05) is 0 Å². The molecule has 0 unspecified atom stereocenters. The van der Waals surface area contributed by atoms with Crippen molar-refractivity contribution in [1.82, 2.24) is 0 Å². The first kappa shape index (κ1) is 10.8. The van der Waals surface area contributed by atoms with Crippen LogP contribution in [0, 0.1) is 5.82 Å². The first-order valence-electron chi connectivity index (χ1n) is 3.93. The van der Waals surface area contributed by atoms with Crippen LogP contribution in [-0.4, -0.2) is 13.7 Å². The number of halogens is 3. The molecule has 2 nitrogen and oxygen atoms in total. The summed E-state index contributed by atoms with van der Waals surface area (Å²) in [4.78, 5) is 0. The molecule has 0 radical (unpaired) electrons. The van der Waals surface area contributed by atoms with Gasteiger partial charge in [0.05, 0.1) is 13.7 Å². The standard InChI is InChI=1S/C9H10F3NO/c1-14-8-4-6(2-3-7(8)10)9(11,12)5-13/h2-4H,5,13H2,1H3. The van der Waals surface area contributed by atoms with Crippen LogP contribution in [0.5, 0.6) is 5.75 Å². The van der Waals surface area contributed by atoms with Crippen molar-refractivity contribution in [2.24, 2.45) is 5.73 Å². The van der Waals surface area contributed by atoms with Crippen LogP contribution in [0.1, 0.15) is 5.56 Å². The van der Waals surface area contributed by atoms with Gasteiger partial charge < -0.3 is 10.5 Å². The van der Waals surface area contributed by atoms with Gasteiger partial charge in [-0.2, -0.15) is 8.78 Å². The largest absolute Gasteiger partial charge is 0.494 e. The highest BCUT2D eigenvalue weighted by Gasteiger charge is 2.30. The van der Waals surface area contributed by atoms with E-state index in [0.29, 0.717) is 0 Å². The molecule has 0 aliphatic carbocycles. The summed E-state index contributed by atoms with van der Waals surface area (Å²) in [5, 5.41) is 0. The average molecular weight is 205 g/mol. The lowest BCUT2D eigenvalue weighted by Crippen LogP contribution is -2.25. The minimum absolute atomic E-state index is 0.212. The van der Waals surface area contributed by atoms with Crippen molar-refractivity contribution in [3.05, 3.63) is 29.6 Å². The Balaban J connectivity index is 3.12. The van der Waals surface area contributed by atoms with Gasteiger partial charge >= 0.3 is 0 Å². The lowest BCUT2D eigenvalue weighted by atomic mass is 10.1. The van der Waals surface area contributed by atoms with Crippen LogP contribution in [0.2, 0.25) is 0 Å². The molecule has 0 heterocycles. The van der Waals surface area contributed by atoms with E-state index in [4.69, 9.17) is 5.73 Å². The van der Waals surface area contributed by atoms with E-state index in [0.717, 1.165) is 18.2 Å². The van der Waals surface area contributed by atoms with Gasteiger partial charge in [0.2, 0.25) is 0 Å². The van der Waals surface area contributed by atoms with Crippen LogP contribution in [0.3, 0.4) is 0 Å². The fourth-order valence-electron chi connectivity index (χ4n) is 1.01. The Morgan fingerprint density at radius 2 is 2.07 bits per heavy atom. The molecule has 1 aromatic carbocycles. The Morgan fingerprint density at radius 1 is 1.43 bits per heavy atom. The number of hydrogen-bond acceptors (Lipinski definition) is 2. The Labute approximate surface area is 79.5 Å². The SMILES string of the molecule is COc1cc(C(F)(F)CN)ccc1F. The highest BCUT2D eigenvalue weighted by molar-refractivity contribution is 5.32. The topological polar surface area (TPSA) is 35.2 Å². The maximum Gasteiger partial charge on any atom is 0.285 e. The van der Waals surface area contributed by atoms with Crippen LogP contribution < -0.4 is 10.5 Å². The molecule has 0 aliphatic rings. The summed E-state index contributed by atoms with van der Waals surface area (Å²) in [5.74, 6) is -4.04. The maximum absolute atomic E-state index is 13.0. The zero-order chi connectivity index (χ0) is 10.8. The van der Waals surface area contributed by atoms with E-state index < -0.39 is 18.3 Å². The van der Waals surface area contributed by atoms with Gasteiger partial charge in [-0.3, -0.25) is 0 Å². The highest BCUT2D eigenvalue weighted by Crippen LogP contribution is 2.30. The molecule has 14 heavy (non-hydrogen) atoms. The number of nitrogens with two attached hydrogens (primary N) is 1. The van der Waals surface area contributed by atoms with E-state index in [-0.39, 0.29) is 11.3 Å². The fourth-order valence-corrected chi connectivity index (χ4v) is 1.01. The van der Waals surface area contributed by atoms with Gasteiger partial charge in [-0.1, -0.05) is 0 Å². The second kappa shape index (κ2) is 3.88. The second-order valence-corrected chi connectivity index (χ2v) is 2.76. The molecule has 0 spiro atoms. The van der Waals surface area contributed by atoms with Crippen molar-refractivity contribution in [3.63, 3.8) is 0 Å². The van der Waals surface area contributed by atoms with Gasteiger partial charge in [0.1, 0.15) is 0 Å². The Bertz CT molecular complexity index is 328. The molecule has 5 heteroatoms. The minimum Gasteiger partial charge on any atom is -0.494 e. The summed E-state index contributed by atoms with van der Waals surface area (Å²) in [6.45, 7) is -0.818. The summed E-state index contributed by atoms with van der Waals surface area (Å²) in [7, 11) is 1.21. The zero-order valence-corrected chi connectivity index (χ0v) is 7.56. The minimum atomic E-state index is -3.15. The van der Waals surface area contributed by atoms with Crippen molar-refractivity contribution in [1.29, 1.82) is 0 Å². The van der Waals surface area contributed by atoms with Gasteiger partial charge in [-0.05, 0) is 18.2 Å². The van der Waals surface area contributed by atoms with Crippen LogP contribution in [0.25, 0.3) is 0 Å². The van der Waals surface area contributed by atoms with E-state index in [9.17, 15) is 13.2 Å². The van der Waals surface area contributed by atoms with E-state index in [1.54, 1.807) is 0 Å². The number of ether oxygens (including phenoxy) is 1. The Kier molecular flexibility index (Phi) is 3.00. The molecule has 0 fully saturated rings. The molecule has 2 N–H and O–H groups in total. The molecule has 0 aromatic heterocycles. The van der Waals surface area contributed by atoms with Crippen molar-refractivity contribution in [3.8, 4) is 5.75 Å². The number of rotatable bonds is 3. The number of methoxy groups -OCH3 is 1. The molecular formula is C9H10F3NO. The van der Waals surface area contributed by atoms with Crippen molar-refractivity contribution in [2.75, 3.05) is 13.7 Å². The van der Waals surface area contributed by atoms with E-state index in [2.05, 4.69) is 4.74 Å². The smallest absolute Gasteiger partial charge is 0.285 e. The summed E-state index contributed by atoms with van der Waals surface area (Å²) in [6.07, 6.45) is 0. The third kappa shape index (κ3) is 1.98. The van der Waals surface area contributed by atoms with Crippen molar-refractivity contribution >= 4 is 0 Å². The highest BCUT2D eigenvalue weighted by atomic mass is 19.3. The lowest BCUT2D eigenvalue weighted by molar-refractivity contribution is 0.00567. The lowest BCUT2D eigenvalue weighted by Gasteiger charge is -2.15. The first-order valence-corrected chi connectivity index (χ1v) is 3.93. The number of alkyl halides is 2. The number of hydrogen-bond donors (Lipinski definition) is 1. The van der Waals surface area contributed by atoms with Gasteiger partial charge in [0.25, 0.3) is 5.92 Å². The second-order valence-electron chi connectivity index (χ2n) is 2.76. The predicted molar refractivity (Wildman–Crippen MR) is 45.9 cm³/mol. The molecule has 0 atom stereocenters. The van der Waals surface area contributed by atoms with Gasteiger partial charge in [0, 0.05) is 5.56 Å². The van der Waals surface area contributed by atoms with E-state index >= 15 is 0 Å². The summed E-state index contributed by atoms with van der Waals surface area (Å²) in [6, 6.07) is 2.87. The normalized spacial score (nSPS) is 11.5. The van der Waals surface area contributed by atoms with Crippen molar-refractivity contribution in [2.45, 2.75) is 5.92 Å². The first-order chi connectivity index (χ1) is 6.51. The zero-order valence-electron chi connectivity index (χ0n) is 7.56. The summed E-state index contributed by atoms with van der Waals surface area (Å²) < 4.78 is 43.5. The molecule has 1 aromatic rings. The van der Waals surface area contributed by atoms with Gasteiger partial charge in [-0.25, -0.2) is 4.39 Å². The molecule has 0 amide bonds. The van der Waals surface area contributed by atoms with Crippen LogP contribution >= 0.6 is 0 Å². The molecule has 1 rings (SSSR count). The predicted octanol–water partition coefficient (Wildman–Crippen LogP) is 1.88. The molecule has 0 saturated carbocycles. The molecule has 0 bridgehead atoms. The molecule has 0 aliphatic heterocycles. The fraction of sp³-hybridized carbons (Fsp3) is 0.333. The monoisotopic (exact) mass is 205 g/mol. The maximum atomic E-state index is 13.0. The Hall–Kier alpha value is -1.23. The van der Waals surface area contributed by atoms with Gasteiger partial charge in [0.15, 0.2) is 11.6 Å². The third-order valence-corrected chi connectivity index (χ3v) is 1.83. The van der Waals surface area contributed by atoms with Crippen LogP contribution in [0.4, 0.5) is 13.2 Å². The van der Waals surface area contributed by atoms with E-state index in [1.165, 1.54) is 7.11 Å². The number of benzene rings is 1. The molecular weight excluding hydrogens is 195 g/mol. The van der Waals surface area contributed by atoms with Gasteiger partial charge in [-0.15, -0.1) is 0 Å². The average Bonchev–Trinajstić information content (AvgIpc) is 2.18. The van der Waals surface area contributed by atoms with Crippen LogP contribution in [0.15, 0.2) is 18.2 Å². The van der Waals surface area contributed by atoms with Crippen LogP contribution in [-0.2, 0) is 5.92 Å². The molecule has 0 saturated heterocycles. The quantitative estimate of drug-likeness (QED) is 0.817. The molecule has 78 valence electrons. The van der Waals surface area contributed by atoms with Crippen molar-refractivity contribution < 1.29 is 17.9 Å². The third-order valence-electron chi connectivity index (χ3n) is 1.83. The summed E-state index contributed by atoms with van der Waals surface area (Å²) >= 11 is 0. The summed E-state index contributed by atoms with van der Waals surface area (Å²) in [5.41, 5.74) is 4.53. The Morgan fingerprint density at radius 3 is 2.57 bits per heavy atom.